The Morgan fingerprint density at radius 3 is 2.11 bits per heavy atom. The van der Waals surface area contributed by atoms with Crippen LogP contribution in [0.5, 0.6) is 0 Å². The van der Waals surface area contributed by atoms with E-state index in [1.165, 1.54) is 12.1 Å². The van der Waals surface area contributed by atoms with Gasteiger partial charge in [0.05, 0.1) is 11.3 Å². The van der Waals surface area contributed by atoms with Gasteiger partial charge in [0.2, 0.25) is 0 Å². The minimum atomic E-state index is -1.08. The number of hydrogen-bond donors (Lipinski definition) is 1. The minimum Gasteiger partial charge on any atom is -0.377 e. The molecule has 0 fully saturated rings. The molecule has 0 radical (unpaired) electrons. The maximum Gasteiger partial charge on any atom is 0.183 e. The van der Waals surface area contributed by atoms with Crippen LogP contribution in [0.2, 0.25) is 0 Å². The quantitative estimate of drug-likeness (QED) is 0.851. The summed E-state index contributed by atoms with van der Waals surface area (Å²) in [6.45, 7) is 6.04. The van der Waals surface area contributed by atoms with E-state index >= 15 is 0 Å². The van der Waals surface area contributed by atoms with E-state index in [0.29, 0.717) is 0 Å². The number of hydrogen-bond acceptors (Lipinski definition) is 2. The summed E-state index contributed by atoms with van der Waals surface area (Å²) < 4.78 is 27.3. The number of rotatable bonds is 5. The maximum atomic E-state index is 13.8. The van der Waals surface area contributed by atoms with Gasteiger partial charge >= 0.3 is 0 Å². The lowest BCUT2D eigenvalue weighted by Gasteiger charge is -2.33. The number of benzene rings is 1. The largest absolute Gasteiger partial charge is 0.377 e. The summed E-state index contributed by atoms with van der Waals surface area (Å²) in [5, 5.41) is 11.7. The molecule has 0 bridgehead atoms. The predicted molar refractivity (Wildman–Crippen MR) is 68.3 cm³/mol. The fourth-order valence-electron chi connectivity index (χ4n) is 2.03. The van der Waals surface area contributed by atoms with E-state index in [2.05, 4.69) is 5.32 Å². The average Bonchev–Trinajstić information content (AvgIpc) is 2.41. The smallest absolute Gasteiger partial charge is 0.183 e. The highest BCUT2D eigenvalue weighted by Gasteiger charge is 2.25. The minimum absolute atomic E-state index is 0.122. The van der Waals surface area contributed by atoms with Crippen molar-refractivity contribution in [2.75, 3.05) is 5.32 Å². The first kappa shape index (κ1) is 14.4. The van der Waals surface area contributed by atoms with Crippen molar-refractivity contribution in [3.8, 4) is 6.07 Å². The molecule has 0 atom stereocenters. The van der Waals surface area contributed by atoms with Crippen molar-refractivity contribution in [3.63, 3.8) is 0 Å². The Morgan fingerprint density at radius 1 is 1.11 bits per heavy atom. The lowest BCUT2D eigenvalue weighted by atomic mass is 9.89. The number of nitriles is 1. The van der Waals surface area contributed by atoms with Gasteiger partial charge in [-0.1, -0.05) is 20.8 Å². The lowest BCUT2D eigenvalue weighted by molar-refractivity contribution is 0.415. The van der Waals surface area contributed by atoms with Gasteiger partial charge in [-0.2, -0.15) is 5.26 Å². The lowest BCUT2D eigenvalue weighted by Crippen LogP contribution is -2.36. The van der Waals surface area contributed by atoms with Crippen molar-refractivity contribution in [1.82, 2.24) is 0 Å². The number of anilines is 1. The molecule has 0 unspecified atom stereocenters. The number of nitrogens with one attached hydrogen (secondary N) is 1. The van der Waals surface area contributed by atoms with Gasteiger partial charge in [0, 0.05) is 5.54 Å². The number of halogens is 2. The van der Waals surface area contributed by atoms with Crippen LogP contribution >= 0.6 is 0 Å². The molecule has 0 saturated carbocycles. The summed E-state index contributed by atoms with van der Waals surface area (Å²) in [7, 11) is 0. The van der Waals surface area contributed by atoms with Crippen molar-refractivity contribution >= 4 is 5.69 Å². The Hall–Kier alpha value is -1.63. The van der Waals surface area contributed by atoms with Crippen LogP contribution in [0.1, 0.15) is 45.6 Å². The molecule has 18 heavy (non-hydrogen) atoms. The normalized spacial score (nSPS) is 11.1. The molecule has 1 aromatic rings. The molecule has 98 valence electrons. The zero-order valence-electron chi connectivity index (χ0n) is 11.0. The van der Waals surface area contributed by atoms with Gasteiger partial charge in [-0.25, -0.2) is 8.78 Å². The van der Waals surface area contributed by atoms with Crippen LogP contribution in [-0.2, 0) is 0 Å². The molecule has 1 aromatic carbocycles. The summed E-state index contributed by atoms with van der Waals surface area (Å²) in [6, 6.07) is 4.35. The summed E-state index contributed by atoms with van der Waals surface area (Å²) in [5.74, 6) is -2.06. The van der Waals surface area contributed by atoms with Gasteiger partial charge in [-0.3, -0.25) is 0 Å². The monoisotopic (exact) mass is 252 g/mol. The van der Waals surface area contributed by atoms with Crippen LogP contribution in [0.4, 0.5) is 14.5 Å². The topological polar surface area (TPSA) is 35.8 Å². The van der Waals surface area contributed by atoms with E-state index in [4.69, 9.17) is 5.26 Å². The molecule has 0 saturated heterocycles. The van der Waals surface area contributed by atoms with Gasteiger partial charge in [0.1, 0.15) is 6.07 Å². The highest BCUT2D eigenvalue weighted by atomic mass is 19.2. The van der Waals surface area contributed by atoms with Gasteiger partial charge in [-0.15, -0.1) is 0 Å². The Balaban J connectivity index is 3.13. The second kappa shape index (κ2) is 5.81. The first-order chi connectivity index (χ1) is 8.53. The maximum absolute atomic E-state index is 13.8. The highest BCUT2D eigenvalue weighted by molar-refractivity contribution is 5.51. The Kier molecular flexibility index (Phi) is 4.66. The van der Waals surface area contributed by atoms with E-state index < -0.39 is 11.6 Å². The molecule has 0 aliphatic heterocycles. The van der Waals surface area contributed by atoms with Crippen LogP contribution in [0.25, 0.3) is 0 Å². The molecule has 1 N–H and O–H groups in total. The third-order valence-electron chi connectivity index (χ3n) is 3.63. The molecule has 1 rings (SSSR count). The first-order valence-electron chi connectivity index (χ1n) is 6.19. The van der Waals surface area contributed by atoms with Crippen molar-refractivity contribution < 1.29 is 8.78 Å². The Bertz CT molecular complexity index is 451. The van der Waals surface area contributed by atoms with Crippen molar-refractivity contribution in [1.29, 1.82) is 5.26 Å². The fraction of sp³-hybridized carbons (Fsp3) is 0.500. The van der Waals surface area contributed by atoms with E-state index in [9.17, 15) is 8.78 Å². The van der Waals surface area contributed by atoms with Crippen LogP contribution in [0, 0.1) is 23.0 Å². The second-order valence-corrected chi connectivity index (χ2v) is 4.37. The Labute approximate surface area is 107 Å². The third kappa shape index (κ3) is 2.61. The summed E-state index contributed by atoms with van der Waals surface area (Å²) in [5.41, 5.74) is -0.383. The molecular formula is C14H18F2N2. The van der Waals surface area contributed by atoms with Gasteiger partial charge < -0.3 is 5.32 Å². The van der Waals surface area contributed by atoms with Gasteiger partial charge in [-0.05, 0) is 31.4 Å². The average molecular weight is 252 g/mol. The number of nitrogens with zero attached hydrogens (tertiary/aromatic N) is 1. The fourth-order valence-corrected chi connectivity index (χ4v) is 2.03. The summed E-state index contributed by atoms with van der Waals surface area (Å²) in [4.78, 5) is 0. The Morgan fingerprint density at radius 2 is 1.67 bits per heavy atom. The van der Waals surface area contributed by atoms with Gasteiger partial charge in [0.25, 0.3) is 0 Å². The molecule has 0 aliphatic carbocycles. The van der Waals surface area contributed by atoms with E-state index in [1.807, 2.05) is 20.8 Å². The van der Waals surface area contributed by atoms with Crippen LogP contribution in [0.3, 0.4) is 0 Å². The van der Waals surface area contributed by atoms with Crippen LogP contribution in [-0.4, -0.2) is 5.54 Å². The van der Waals surface area contributed by atoms with Crippen molar-refractivity contribution in [3.05, 3.63) is 29.3 Å². The SMILES string of the molecule is CCC(CC)(CC)Nc1ccc(C#N)c(F)c1F. The van der Waals surface area contributed by atoms with Crippen molar-refractivity contribution in [2.24, 2.45) is 0 Å². The third-order valence-corrected chi connectivity index (χ3v) is 3.63. The predicted octanol–water partition coefficient (Wildman–Crippen LogP) is 4.22. The summed E-state index contributed by atoms with van der Waals surface area (Å²) in [6.07, 6.45) is 2.46. The van der Waals surface area contributed by atoms with Crippen LogP contribution < -0.4 is 5.32 Å². The molecule has 0 aromatic heterocycles. The molecule has 4 heteroatoms. The molecule has 0 aliphatic rings. The first-order valence-corrected chi connectivity index (χ1v) is 6.19. The highest BCUT2D eigenvalue weighted by Crippen LogP contribution is 2.28. The zero-order chi connectivity index (χ0) is 13.8. The van der Waals surface area contributed by atoms with E-state index in [-0.39, 0.29) is 16.8 Å². The molecule has 0 spiro atoms. The molecule has 0 heterocycles. The van der Waals surface area contributed by atoms with E-state index in [0.717, 1.165) is 19.3 Å². The van der Waals surface area contributed by atoms with Crippen LogP contribution in [0.15, 0.2) is 12.1 Å². The second-order valence-electron chi connectivity index (χ2n) is 4.37. The standard InChI is InChI=1S/C14H18F2N2/c1-4-14(5-2,6-3)18-11-8-7-10(9-17)12(15)13(11)16/h7-8,18H,4-6H2,1-3H3. The van der Waals surface area contributed by atoms with Gasteiger partial charge in [0.15, 0.2) is 11.6 Å². The molecule has 2 nitrogen and oxygen atoms in total. The van der Waals surface area contributed by atoms with E-state index in [1.54, 1.807) is 6.07 Å². The zero-order valence-corrected chi connectivity index (χ0v) is 11.0. The molecular weight excluding hydrogens is 234 g/mol. The van der Waals surface area contributed by atoms with Crippen molar-refractivity contribution in [2.45, 2.75) is 45.6 Å². The molecule has 0 amide bonds. The summed E-state index contributed by atoms with van der Waals surface area (Å²) >= 11 is 0.